The molecule has 0 bridgehead atoms. The lowest BCUT2D eigenvalue weighted by molar-refractivity contribution is -0.123. The van der Waals surface area contributed by atoms with E-state index in [0.717, 1.165) is 17.5 Å². The van der Waals surface area contributed by atoms with E-state index in [2.05, 4.69) is 5.32 Å². The van der Waals surface area contributed by atoms with E-state index in [-0.39, 0.29) is 24.7 Å². The van der Waals surface area contributed by atoms with Gasteiger partial charge in [0.15, 0.2) is 6.61 Å². The molecule has 4 rings (SSSR count). The number of aryl methyl sites for hydroxylation is 2. The summed E-state index contributed by atoms with van der Waals surface area (Å²) < 4.78 is 17.5. The zero-order valence-corrected chi connectivity index (χ0v) is 18.4. The molecule has 1 amide bonds. The van der Waals surface area contributed by atoms with E-state index in [0.29, 0.717) is 34.5 Å². The van der Waals surface area contributed by atoms with E-state index in [1.807, 2.05) is 39.0 Å². The Morgan fingerprint density at radius 2 is 2.00 bits per heavy atom. The number of ether oxygens (including phenoxy) is 2. The quantitative estimate of drug-likeness (QED) is 0.574. The van der Waals surface area contributed by atoms with Crippen LogP contribution >= 0.6 is 0 Å². The Labute approximate surface area is 186 Å². The number of aliphatic hydroxyl groups is 1. The van der Waals surface area contributed by atoms with Crippen LogP contribution in [0.3, 0.4) is 0 Å². The average Bonchev–Trinajstić information content (AvgIpc) is 2.75. The van der Waals surface area contributed by atoms with Crippen LogP contribution in [-0.2, 0) is 11.2 Å². The summed E-state index contributed by atoms with van der Waals surface area (Å²) in [5.41, 5.74) is 1.92. The Kier molecular flexibility index (Phi) is 5.93. The van der Waals surface area contributed by atoms with Crippen LogP contribution in [0, 0.1) is 6.92 Å². The second-order valence-electron chi connectivity index (χ2n) is 8.68. The molecule has 2 N–H and O–H groups in total. The van der Waals surface area contributed by atoms with Crippen LogP contribution in [0.25, 0.3) is 11.0 Å². The standard InChI is InChI=1S/C25H27NO6/c1-15-11-22(29)31-24-17-9-10-25(2,3)32-19(17)12-20(23(15)24)30-14-21(28)26-13-18(27)16-7-5-4-6-8-16/h4-8,11-12,18,27H,9-10,13-14H2,1-3H3,(H,26,28)/t18-/m0/s1. The number of hydrogen-bond donors (Lipinski definition) is 2. The molecule has 0 aliphatic carbocycles. The van der Waals surface area contributed by atoms with E-state index < -0.39 is 11.7 Å². The number of amides is 1. The summed E-state index contributed by atoms with van der Waals surface area (Å²) in [6, 6.07) is 12.3. The molecule has 0 unspecified atom stereocenters. The van der Waals surface area contributed by atoms with Crippen molar-refractivity contribution in [2.75, 3.05) is 13.2 Å². The van der Waals surface area contributed by atoms with Gasteiger partial charge < -0.3 is 24.3 Å². The van der Waals surface area contributed by atoms with Crippen molar-refractivity contribution in [3.05, 3.63) is 69.6 Å². The number of carbonyl (C=O) groups is 1. The van der Waals surface area contributed by atoms with Gasteiger partial charge in [0.05, 0.1) is 11.5 Å². The van der Waals surface area contributed by atoms with E-state index in [1.165, 1.54) is 6.07 Å². The second-order valence-corrected chi connectivity index (χ2v) is 8.68. The van der Waals surface area contributed by atoms with Gasteiger partial charge in [-0.05, 0) is 44.7 Å². The summed E-state index contributed by atoms with van der Waals surface area (Å²) in [4.78, 5) is 24.4. The fourth-order valence-electron chi connectivity index (χ4n) is 3.93. The molecule has 7 nitrogen and oxygen atoms in total. The first kappa shape index (κ1) is 21.9. The predicted octanol–water partition coefficient (Wildman–Crippen LogP) is 3.43. The highest BCUT2D eigenvalue weighted by Crippen LogP contribution is 2.42. The van der Waals surface area contributed by atoms with Crippen LogP contribution in [0.2, 0.25) is 0 Å². The van der Waals surface area contributed by atoms with Crippen LogP contribution in [0.1, 0.15) is 43.1 Å². The van der Waals surface area contributed by atoms with Crippen LogP contribution < -0.4 is 20.4 Å². The third-order valence-corrected chi connectivity index (χ3v) is 5.64. The Bertz CT molecular complexity index is 1200. The van der Waals surface area contributed by atoms with Crippen molar-refractivity contribution in [3.63, 3.8) is 0 Å². The number of rotatable bonds is 6. The molecule has 0 saturated heterocycles. The summed E-state index contributed by atoms with van der Waals surface area (Å²) in [5.74, 6) is 0.635. The van der Waals surface area contributed by atoms with Crippen molar-refractivity contribution >= 4 is 16.9 Å². The third-order valence-electron chi connectivity index (χ3n) is 5.64. The highest BCUT2D eigenvalue weighted by molar-refractivity contribution is 5.91. The molecular weight excluding hydrogens is 410 g/mol. The van der Waals surface area contributed by atoms with Crippen molar-refractivity contribution in [2.24, 2.45) is 0 Å². The smallest absolute Gasteiger partial charge is 0.336 e. The van der Waals surface area contributed by atoms with E-state index in [4.69, 9.17) is 13.9 Å². The highest BCUT2D eigenvalue weighted by atomic mass is 16.5. The minimum Gasteiger partial charge on any atom is -0.487 e. The third kappa shape index (κ3) is 4.62. The summed E-state index contributed by atoms with van der Waals surface area (Å²) in [6.07, 6.45) is 0.694. The first-order chi connectivity index (χ1) is 15.2. The van der Waals surface area contributed by atoms with Crippen molar-refractivity contribution in [2.45, 2.75) is 45.3 Å². The zero-order chi connectivity index (χ0) is 22.9. The first-order valence-electron chi connectivity index (χ1n) is 10.7. The average molecular weight is 437 g/mol. The monoisotopic (exact) mass is 437 g/mol. The van der Waals surface area contributed by atoms with Gasteiger partial charge in [-0.25, -0.2) is 4.79 Å². The molecule has 1 aliphatic heterocycles. The van der Waals surface area contributed by atoms with Gasteiger partial charge in [0.25, 0.3) is 5.91 Å². The Balaban J connectivity index is 1.54. The number of benzene rings is 2. The van der Waals surface area contributed by atoms with Crippen LogP contribution in [0.15, 0.2) is 51.7 Å². The molecule has 7 heteroatoms. The van der Waals surface area contributed by atoms with Crippen molar-refractivity contribution in [3.8, 4) is 11.5 Å². The molecule has 0 saturated carbocycles. The second kappa shape index (κ2) is 8.67. The molecule has 0 spiro atoms. The maximum Gasteiger partial charge on any atom is 0.336 e. The molecule has 1 aromatic heterocycles. The SMILES string of the molecule is Cc1cc(=O)oc2c3c(cc(OCC(=O)NC[C@H](O)c4ccccc4)c12)OC(C)(C)CC3. The molecular formula is C25H27NO6. The zero-order valence-electron chi connectivity index (χ0n) is 18.4. The molecule has 0 fully saturated rings. The summed E-state index contributed by atoms with van der Waals surface area (Å²) in [6.45, 7) is 5.62. The number of carbonyl (C=O) groups excluding carboxylic acids is 1. The van der Waals surface area contributed by atoms with Gasteiger partial charge in [-0.15, -0.1) is 0 Å². The largest absolute Gasteiger partial charge is 0.487 e. The van der Waals surface area contributed by atoms with Gasteiger partial charge in [0, 0.05) is 24.2 Å². The maximum atomic E-state index is 12.4. The minimum atomic E-state index is -0.808. The van der Waals surface area contributed by atoms with Crippen molar-refractivity contribution in [1.29, 1.82) is 0 Å². The van der Waals surface area contributed by atoms with Gasteiger partial charge in [-0.2, -0.15) is 0 Å². The molecule has 32 heavy (non-hydrogen) atoms. The molecule has 1 atom stereocenters. The maximum absolute atomic E-state index is 12.4. The molecule has 1 aliphatic rings. The van der Waals surface area contributed by atoms with Crippen LogP contribution in [0.4, 0.5) is 0 Å². The lowest BCUT2D eigenvalue weighted by Gasteiger charge is -2.33. The number of aliphatic hydroxyl groups excluding tert-OH is 1. The highest BCUT2D eigenvalue weighted by Gasteiger charge is 2.30. The summed E-state index contributed by atoms with van der Waals surface area (Å²) in [5, 5.41) is 13.6. The number of fused-ring (bicyclic) bond motifs is 3. The first-order valence-corrected chi connectivity index (χ1v) is 10.7. The molecule has 3 aromatic rings. The minimum absolute atomic E-state index is 0.0718. The molecule has 168 valence electrons. The number of hydrogen-bond acceptors (Lipinski definition) is 6. The van der Waals surface area contributed by atoms with Gasteiger partial charge in [-0.1, -0.05) is 30.3 Å². The van der Waals surface area contributed by atoms with Gasteiger partial charge in [-0.3, -0.25) is 4.79 Å². The normalized spacial score (nSPS) is 15.5. The fourth-order valence-corrected chi connectivity index (χ4v) is 3.93. The van der Waals surface area contributed by atoms with E-state index >= 15 is 0 Å². The van der Waals surface area contributed by atoms with E-state index in [1.54, 1.807) is 18.2 Å². The summed E-state index contributed by atoms with van der Waals surface area (Å²) in [7, 11) is 0. The van der Waals surface area contributed by atoms with Gasteiger partial charge in [0.1, 0.15) is 22.7 Å². The summed E-state index contributed by atoms with van der Waals surface area (Å²) >= 11 is 0. The predicted molar refractivity (Wildman–Crippen MR) is 120 cm³/mol. The molecule has 0 radical (unpaired) electrons. The fraction of sp³-hybridized carbons (Fsp3) is 0.360. The van der Waals surface area contributed by atoms with Gasteiger partial charge in [0.2, 0.25) is 0 Å². The topological polar surface area (TPSA) is 98.0 Å². The van der Waals surface area contributed by atoms with Crippen LogP contribution in [0.5, 0.6) is 11.5 Å². The lowest BCUT2D eigenvalue weighted by Crippen LogP contribution is -2.33. The molecule has 2 heterocycles. The van der Waals surface area contributed by atoms with Crippen molar-refractivity contribution in [1.82, 2.24) is 5.32 Å². The Morgan fingerprint density at radius 3 is 2.75 bits per heavy atom. The van der Waals surface area contributed by atoms with E-state index in [9.17, 15) is 14.7 Å². The van der Waals surface area contributed by atoms with Gasteiger partial charge >= 0.3 is 5.63 Å². The van der Waals surface area contributed by atoms with Crippen molar-refractivity contribution < 1.29 is 23.8 Å². The van der Waals surface area contributed by atoms with Crippen LogP contribution in [-0.4, -0.2) is 29.8 Å². The Hall–Kier alpha value is -3.32. The lowest BCUT2D eigenvalue weighted by atomic mass is 9.92. The number of nitrogens with one attached hydrogen (secondary N) is 1. The Morgan fingerprint density at radius 1 is 1.25 bits per heavy atom. The molecule has 2 aromatic carbocycles.